The summed E-state index contributed by atoms with van der Waals surface area (Å²) in [6.45, 7) is 5.39. The van der Waals surface area contributed by atoms with Gasteiger partial charge < -0.3 is 9.13 Å². The van der Waals surface area contributed by atoms with Crippen LogP contribution in [0.1, 0.15) is 43.4 Å². The van der Waals surface area contributed by atoms with Gasteiger partial charge >= 0.3 is 0 Å². The molecule has 234 valence electrons. The Morgan fingerprint density at radius 1 is 0.479 bits per heavy atom. The molecule has 0 amide bonds. The second kappa shape index (κ2) is 10.7. The van der Waals surface area contributed by atoms with Crippen LogP contribution in [0.2, 0.25) is 0 Å². The van der Waals surface area contributed by atoms with Crippen molar-refractivity contribution in [3.63, 3.8) is 0 Å². The van der Waals surface area contributed by atoms with Crippen molar-refractivity contribution in [2.45, 2.75) is 46.1 Å². The fraction of sp³-hybridized carbons (Fsp3) is 0.182. The van der Waals surface area contributed by atoms with Gasteiger partial charge in [-0.3, -0.25) is 0 Å². The summed E-state index contributed by atoms with van der Waals surface area (Å²) in [7, 11) is 2.22. The molecule has 0 radical (unpaired) electrons. The quantitative estimate of drug-likeness (QED) is 0.169. The van der Waals surface area contributed by atoms with Gasteiger partial charge in [0.2, 0.25) is 0 Å². The third kappa shape index (κ3) is 4.09. The zero-order valence-corrected chi connectivity index (χ0v) is 29.2. The Balaban J connectivity index is 1.18. The Hall–Kier alpha value is -4.64. The molecule has 10 aromatic rings. The van der Waals surface area contributed by atoms with Gasteiger partial charge in [-0.25, -0.2) is 0 Å². The van der Waals surface area contributed by atoms with E-state index in [9.17, 15) is 0 Å². The van der Waals surface area contributed by atoms with Crippen LogP contribution >= 0.6 is 22.7 Å². The van der Waals surface area contributed by atoms with E-state index in [-0.39, 0.29) is 0 Å². The first-order valence-electron chi connectivity index (χ1n) is 17.3. The number of hydrogen-bond acceptors (Lipinski definition) is 2. The molecular formula is C44H36N2S2. The molecule has 0 spiro atoms. The van der Waals surface area contributed by atoms with Crippen molar-refractivity contribution in [3.8, 4) is 0 Å². The average molecular weight is 657 g/mol. The van der Waals surface area contributed by atoms with E-state index in [2.05, 4.69) is 133 Å². The molecule has 4 aromatic heterocycles. The van der Waals surface area contributed by atoms with E-state index in [1.807, 2.05) is 22.7 Å². The first-order chi connectivity index (χ1) is 23.6. The van der Waals surface area contributed by atoms with Gasteiger partial charge in [-0.2, -0.15) is 0 Å². The average Bonchev–Trinajstić information content (AvgIpc) is 3.82. The van der Waals surface area contributed by atoms with Gasteiger partial charge in [0.1, 0.15) is 0 Å². The van der Waals surface area contributed by atoms with E-state index >= 15 is 0 Å². The number of benzene rings is 6. The van der Waals surface area contributed by atoms with Crippen molar-refractivity contribution in [1.29, 1.82) is 0 Å². The van der Waals surface area contributed by atoms with E-state index < -0.39 is 0 Å². The highest BCUT2D eigenvalue weighted by Gasteiger charge is 2.18. The zero-order valence-electron chi connectivity index (χ0n) is 27.6. The number of thiophene rings is 2. The first kappa shape index (κ1) is 28.4. The van der Waals surface area contributed by atoms with Gasteiger partial charge in [-0.1, -0.05) is 69.2 Å². The molecule has 4 heteroatoms. The molecule has 0 fully saturated rings. The number of aromatic nitrogens is 2. The first-order valence-corrected chi connectivity index (χ1v) is 18.9. The van der Waals surface area contributed by atoms with Gasteiger partial charge in [-0.15, -0.1) is 22.7 Å². The third-order valence-corrected chi connectivity index (χ3v) is 12.9. The van der Waals surface area contributed by atoms with Gasteiger partial charge in [0.15, 0.2) is 0 Å². The summed E-state index contributed by atoms with van der Waals surface area (Å²) >= 11 is 3.83. The topological polar surface area (TPSA) is 9.86 Å². The molecule has 2 nitrogen and oxygen atoms in total. The molecule has 6 aromatic carbocycles. The Bertz CT molecular complexity index is 2910. The van der Waals surface area contributed by atoms with Crippen LogP contribution in [0.15, 0.2) is 103 Å². The van der Waals surface area contributed by atoms with E-state index in [0.29, 0.717) is 0 Å². The maximum atomic E-state index is 2.57. The maximum Gasteiger partial charge on any atom is 0.0509 e. The Labute approximate surface area is 287 Å². The molecule has 0 saturated heterocycles. The summed E-state index contributed by atoms with van der Waals surface area (Å²) in [6.07, 6.45) is 4.52. The molecule has 0 N–H and O–H groups in total. The lowest BCUT2D eigenvalue weighted by Crippen LogP contribution is -1.99. The van der Waals surface area contributed by atoms with E-state index in [1.54, 1.807) is 0 Å². The van der Waals surface area contributed by atoms with Crippen LogP contribution < -0.4 is 0 Å². The van der Waals surface area contributed by atoms with Crippen LogP contribution in [0.3, 0.4) is 0 Å². The van der Waals surface area contributed by atoms with Crippen LogP contribution in [-0.4, -0.2) is 9.13 Å². The van der Waals surface area contributed by atoms with E-state index in [1.165, 1.54) is 101 Å². The summed E-state index contributed by atoms with van der Waals surface area (Å²) in [6, 6.07) is 39.9. The van der Waals surface area contributed by atoms with E-state index in [4.69, 9.17) is 0 Å². The second-order valence-electron chi connectivity index (χ2n) is 13.6. The van der Waals surface area contributed by atoms with Gasteiger partial charge in [0.05, 0.1) is 11.0 Å². The van der Waals surface area contributed by atoms with Crippen LogP contribution in [-0.2, 0) is 26.4 Å². The molecule has 0 atom stereocenters. The van der Waals surface area contributed by atoms with Crippen molar-refractivity contribution in [3.05, 3.63) is 120 Å². The third-order valence-electron chi connectivity index (χ3n) is 10.6. The number of nitrogens with zero attached hydrogens (tertiary/aromatic N) is 2. The Morgan fingerprint density at radius 2 is 1.17 bits per heavy atom. The van der Waals surface area contributed by atoms with Gasteiger partial charge in [0, 0.05) is 86.5 Å². The fourth-order valence-corrected chi connectivity index (χ4v) is 10.6. The summed E-state index contributed by atoms with van der Waals surface area (Å²) in [5, 5.41) is 11.0. The summed E-state index contributed by atoms with van der Waals surface area (Å²) in [5.74, 6) is 0. The van der Waals surface area contributed by atoms with Crippen molar-refractivity contribution in [2.24, 2.45) is 7.05 Å². The summed E-state index contributed by atoms with van der Waals surface area (Å²) in [5.41, 5.74) is 9.54. The Morgan fingerprint density at radius 3 is 2.02 bits per heavy atom. The number of hydrogen-bond donors (Lipinski definition) is 0. The van der Waals surface area contributed by atoms with Crippen molar-refractivity contribution in [2.75, 3.05) is 0 Å². The smallest absolute Gasteiger partial charge is 0.0509 e. The Kier molecular flexibility index (Phi) is 6.32. The molecule has 10 rings (SSSR count). The van der Waals surface area contributed by atoms with Crippen molar-refractivity contribution >= 4 is 107 Å². The lowest BCUT2D eigenvalue weighted by atomic mass is 10.0. The molecular weight excluding hydrogens is 621 g/mol. The zero-order chi connectivity index (χ0) is 32.1. The predicted octanol–water partition coefficient (Wildman–Crippen LogP) is 13.1. The normalized spacial score (nSPS) is 12.5. The van der Waals surface area contributed by atoms with Crippen LogP contribution in [0.25, 0.3) is 84.0 Å². The standard InChI is InChI=1S/C44H36N2S2/c1-4-9-26-15-17-36-30(19-26)31-21-33-29-12-6-7-14-40(29)47-43(33)24-39(31)46(36)25-27-16-18-41-32(20-27)34-22-35-38(23-42(34)48-41)45(3)37-13-8-11-28(10-5-2)44(35)37/h6-8,11-24H,4-5,9-10,25H2,1-3H3. The monoisotopic (exact) mass is 656 g/mol. The molecule has 0 aliphatic heterocycles. The summed E-state index contributed by atoms with van der Waals surface area (Å²) < 4.78 is 10.4. The highest BCUT2D eigenvalue weighted by molar-refractivity contribution is 7.26. The SMILES string of the molecule is CCCc1ccc2c(c1)c1cc3c(cc1n2Cc1ccc2sc4cc5c(cc4c2c1)c1c(CCC)cccc1n5C)sc1ccccc13. The van der Waals surface area contributed by atoms with Gasteiger partial charge in [-0.05, 0) is 90.2 Å². The van der Waals surface area contributed by atoms with Crippen LogP contribution in [0.4, 0.5) is 0 Å². The van der Waals surface area contributed by atoms with Crippen LogP contribution in [0, 0.1) is 0 Å². The maximum absolute atomic E-state index is 2.57. The number of rotatable bonds is 6. The molecule has 0 unspecified atom stereocenters. The molecule has 0 aliphatic rings. The largest absolute Gasteiger partial charge is 0.344 e. The molecule has 48 heavy (non-hydrogen) atoms. The lowest BCUT2D eigenvalue weighted by molar-refractivity contribution is 0.870. The minimum absolute atomic E-state index is 0.841. The predicted molar refractivity (Wildman–Crippen MR) is 213 cm³/mol. The van der Waals surface area contributed by atoms with Crippen LogP contribution in [0.5, 0.6) is 0 Å². The number of aryl methyl sites for hydroxylation is 3. The lowest BCUT2D eigenvalue weighted by Gasteiger charge is -2.09. The number of fused-ring (bicyclic) bond motifs is 12. The molecule has 0 bridgehead atoms. The van der Waals surface area contributed by atoms with Crippen molar-refractivity contribution in [1.82, 2.24) is 9.13 Å². The summed E-state index contributed by atoms with van der Waals surface area (Å²) in [4.78, 5) is 0. The minimum Gasteiger partial charge on any atom is -0.344 e. The second-order valence-corrected chi connectivity index (χ2v) is 15.7. The fourth-order valence-electron chi connectivity index (χ4n) is 8.38. The molecule has 0 saturated carbocycles. The highest BCUT2D eigenvalue weighted by Crippen LogP contribution is 2.42. The molecule has 4 heterocycles. The van der Waals surface area contributed by atoms with Gasteiger partial charge in [0.25, 0.3) is 0 Å². The molecule has 0 aliphatic carbocycles. The van der Waals surface area contributed by atoms with E-state index in [0.717, 1.165) is 32.2 Å². The minimum atomic E-state index is 0.841. The highest BCUT2D eigenvalue weighted by atomic mass is 32.1. The van der Waals surface area contributed by atoms with Crippen molar-refractivity contribution < 1.29 is 0 Å².